The number of anilines is 1. The Kier molecular flexibility index (Phi) is 6.54. The molecule has 152 valence electrons. The Morgan fingerprint density at radius 3 is 2.19 bits per heavy atom. The molecule has 7 nitrogen and oxygen atoms in total. The highest BCUT2D eigenvalue weighted by atomic mass is 28.2. The van der Waals surface area contributed by atoms with Gasteiger partial charge in [-0.15, -0.1) is 0 Å². The zero-order valence-electron chi connectivity index (χ0n) is 17.7. The van der Waals surface area contributed by atoms with Crippen molar-refractivity contribution in [1.29, 1.82) is 0 Å². The molecule has 0 aromatic heterocycles. The first kappa shape index (κ1) is 21.7. The van der Waals surface area contributed by atoms with E-state index in [-0.39, 0.29) is 15.6 Å². The molecule has 1 aliphatic heterocycles. The average Bonchev–Trinajstić information content (AvgIpc) is 2.59. The highest BCUT2D eigenvalue weighted by Gasteiger charge is 2.33. The van der Waals surface area contributed by atoms with E-state index in [1.807, 2.05) is 19.9 Å². The molecule has 1 heterocycles. The third-order valence-electron chi connectivity index (χ3n) is 4.85. The Balaban J connectivity index is 2.51. The number of hydrogen-bond donors (Lipinski definition) is 0. The lowest BCUT2D eigenvalue weighted by Gasteiger charge is -2.38. The predicted octanol–water partition coefficient (Wildman–Crippen LogP) is 2.91. The smallest absolute Gasteiger partial charge is 0.311 e. The minimum Gasteiger partial charge on any atom is -0.490 e. The van der Waals surface area contributed by atoms with E-state index in [0.29, 0.717) is 5.75 Å². The van der Waals surface area contributed by atoms with Crippen LogP contribution in [0.25, 0.3) is 0 Å². The molecule has 8 heteroatoms. The maximum atomic E-state index is 11.6. The van der Waals surface area contributed by atoms with Gasteiger partial charge in [0.25, 0.3) is 0 Å². The zero-order valence-corrected chi connectivity index (χ0v) is 19.1. The zero-order chi connectivity index (χ0) is 20.4. The molecule has 0 amide bonds. The summed E-state index contributed by atoms with van der Waals surface area (Å²) in [6, 6.07) is 3.45. The van der Waals surface area contributed by atoms with Crippen LogP contribution in [-0.4, -0.2) is 59.9 Å². The van der Waals surface area contributed by atoms with E-state index in [4.69, 9.17) is 9.16 Å². The van der Waals surface area contributed by atoms with Gasteiger partial charge in [-0.1, -0.05) is 20.8 Å². The topological polar surface area (TPSA) is 68.1 Å². The Morgan fingerprint density at radius 1 is 1.11 bits per heavy atom. The van der Waals surface area contributed by atoms with E-state index in [1.54, 1.807) is 6.07 Å². The van der Waals surface area contributed by atoms with Gasteiger partial charge in [-0.2, -0.15) is 0 Å². The van der Waals surface area contributed by atoms with Crippen molar-refractivity contribution in [3.63, 3.8) is 0 Å². The fourth-order valence-corrected chi connectivity index (χ4v) is 4.08. The van der Waals surface area contributed by atoms with Gasteiger partial charge < -0.3 is 19.0 Å². The van der Waals surface area contributed by atoms with Gasteiger partial charge in [0.1, 0.15) is 0 Å². The molecule has 0 atom stereocenters. The summed E-state index contributed by atoms with van der Waals surface area (Å²) in [4.78, 5) is 15.8. The minimum atomic E-state index is -0.826. The standard InChI is InChI=1S/C19H33N3O4Si/c1-18(2,3)27-26-19(4,5)14-12-16(22(23)24)17(25-7)13-15(14)21-10-8-20(6)9-11-21/h12-13H,8-11,27H2,1-7H3. The molecule has 1 aromatic carbocycles. The molecule has 1 fully saturated rings. The van der Waals surface area contributed by atoms with E-state index in [2.05, 4.69) is 37.6 Å². The van der Waals surface area contributed by atoms with Crippen LogP contribution in [0.1, 0.15) is 40.2 Å². The summed E-state index contributed by atoms with van der Waals surface area (Å²) in [5.41, 5.74) is 1.21. The number of piperazine rings is 1. The number of hydrogen-bond acceptors (Lipinski definition) is 6. The molecule has 0 bridgehead atoms. The first-order chi connectivity index (χ1) is 12.4. The number of methoxy groups -OCH3 is 1. The third-order valence-corrected chi connectivity index (χ3v) is 6.58. The Morgan fingerprint density at radius 2 is 1.70 bits per heavy atom. The molecular weight excluding hydrogens is 362 g/mol. The molecule has 0 saturated carbocycles. The summed E-state index contributed by atoms with van der Waals surface area (Å²) < 4.78 is 11.7. The number of benzene rings is 1. The second-order valence-electron chi connectivity index (χ2n) is 8.95. The van der Waals surface area contributed by atoms with Crippen molar-refractivity contribution in [3.05, 3.63) is 27.8 Å². The SMILES string of the molecule is COc1cc(N2CCN(C)CC2)c(C(C)(C)O[SiH2]C(C)(C)C)cc1[N+](=O)[O-]. The van der Waals surface area contributed by atoms with Crippen LogP contribution in [0.4, 0.5) is 11.4 Å². The molecule has 2 rings (SSSR count). The van der Waals surface area contributed by atoms with Gasteiger partial charge in [-0.25, -0.2) is 0 Å². The van der Waals surface area contributed by atoms with Crippen LogP contribution >= 0.6 is 0 Å². The van der Waals surface area contributed by atoms with Crippen molar-refractivity contribution < 1.29 is 14.1 Å². The van der Waals surface area contributed by atoms with E-state index in [0.717, 1.165) is 37.4 Å². The summed E-state index contributed by atoms with van der Waals surface area (Å²) in [7, 11) is 2.76. The van der Waals surface area contributed by atoms with Crippen LogP contribution in [0, 0.1) is 10.1 Å². The summed E-state index contributed by atoms with van der Waals surface area (Å²) in [5.74, 6) is 0.293. The van der Waals surface area contributed by atoms with Gasteiger partial charge in [-0.05, 0) is 25.9 Å². The highest BCUT2D eigenvalue weighted by molar-refractivity contribution is 6.31. The monoisotopic (exact) mass is 395 g/mol. The quantitative estimate of drug-likeness (QED) is 0.419. The summed E-state index contributed by atoms with van der Waals surface area (Å²) >= 11 is 0. The Labute approximate surface area is 164 Å². The first-order valence-corrected chi connectivity index (χ1v) is 10.7. The second kappa shape index (κ2) is 8.16. The van der Waals surface area contributed by atoms with Gasteiger partial charge in [0, 0.05) is 49.6 Å². The van der Waals surface area contributed by atoms with Crippen molar-refractivity contribution in [2.75, 3.05) is 45.2 Å². The van der Waals surface area contributed by atoms with Crippen LogP contribution in [0.3, 0.4) is 0 Å². The van der Waals surface area contributed by atoms with E-state index in [1.165, 1.54) is 7.11 Å². The first-order valence-electron chi connectivity index (χ1n) is 9.39. The van der Waals surface area contributed by atoms with Crippen LogP contribution < -0.4 is 9.64 Å². The van der Waals surface area contributed by atoms with Gasteiger partial charge in [0.05, 0.1) is 17.6 Å². The molecule has 1 aromatic rings. The Hall–Kier alpha value is -1.64. The van der Waals surface area contributed by atoms with Crippen LogP contribution in [0.15, 0.2) is 12.1 Å². The second-order valence-corrected chi connectivity index (χ2v) is 11.6. The van der Waals surface area contributed by atoms with Crippen molar-refractivity contribution >= 4 is 21.1 Å². The fourth-order valence-electron chi connectivity index (χ4n) is 3.13. The molecule has 1 aliphatic rings. The van der Waals surface area contributed by atoms with Crippen LogP contribution in [0.5, 0.6) is 5.75 Å². The van der Waals surface area contributed by atoms with E-state index >= 15 is 0 Å². The fraction of sp³-hybridized carbons (Fsp3) is 0.684. The van der Waals surface area contributed by atoms with E-state index < -0.39 is 15.4 Å². The molecule has 0 unspecified atom stereocenters. The van der Waals surface area contributed by atoms with Gasteiger partial charge in [0.15, 0.2) is 15.5 Å². The summed E-state index contributed by atoms with van der Waals surface area (Å²) in [5, 5.41) is 11.7. The van der Waals surface area contributed by atoms with Crippen LogP contribution in [0.2, 0.25) is 5.04 Å². The number of nitrogens with zero attached hydrogens (tertiary/aromatic N) is 3. The Bertz CT molecular complexity index is 680. The van der Waals surface area contributed by atoms with Crippen molar-refractivity contribution in [1.82, 2.24) is 4.90 Å². The number of rotatable bonds is 6. The lowest BCUT2D eigenvalue weighted by atomic mass is 9.94. The normalized spacial score (nSPS) is 16.9. The maximum absolute atomic E-state index is 11.6. The third kappa shape index (κ3) is 5.43. The van der Waals surface area contributed by atoms with E-state index in [9.17, 15) is 10.1 Å². The molecule has 1 saturated heterocycles. The van der Waals surface area contributed by atoms with Gasteiger partial charge >= 0.3 is 5.69 Å². The number of nitro groups is 1. The molecular formula is C19H33N3O4Si. The molecule has 0 radical (unpaired) electrons. The molecule has 0 N–H and O–H groups in total. The number of nitro benzene ring substituents is 1. The van der Waals surface area contributed by atoms with Crippen LogP contribution in [-0.2, 0) is 10.0 Å². The lowest BCUT2D eigenvalue weighted by molar-refractivity contribution is -0.385. The number of ether oxygens (including phenoxy) is 1. The average molecular weight is 396 g/mol. The van der Waals surface area contributed by atoms with Gasteiger partial charge in [-0.3, -0.25) is 10.1 Å². The summed E-state index contributed by atoms with van der Waals surface area (Å²) in [6.07, 6.45) is 0. The maximum Gasteiger partial charge on any atom is 0.311 e. The van der Waals surface area contributed by atoms with Crippen molar-refractivity contribution in [3.8, 4) is 5.75 Å². The van der Waals surface area contributed by atoms with Crippen molar-refractivity contribution in [2.45, 2.75) is 45.3 Å². The van der Waals surface area contributed by atoms with Crippen molar-refractivity contribution in [2.24, 2.45) is 0 Å². The minimum absolute atomic E-state index is 0.0144. The largest absolute Gasteiger partial charge is 0.490 e. The predicted molar refractivity (Wildman–Crippen MR) is 112 cm³/mol. The van der Waals surface area contributed by atoms with Gasteiger partial charge in [0.2, 0.25) is 0 Å². The molecule has 27 heavy (non-hydrogen) atoms. The lowest BCUT2D eigenvalue weighted by Crippen LogP contribution is -2.45. The molecule has 0 aliphatic carbocycles. The summed E-state index contributed by atoms with van der Waals surface area (Å²) in [6.45, 7) is 14.2. The number of likely N-dealkylation sites (N-methyl/N-ethyl adjacent to an activating group) is 1. The highest BCUT2D eigenvalue weighted by Crippen LogP contribution is 2.42. The molecule has 0 spiro atoms.